The Labute approximate surface area is 95.3 Å². The molecule has 4 heteroatoms. The summed E-state index contributed by atoms with van der Waals surface area (Å²) in [6, 6.07) is 5.98. The molecular formula is C11H18N2OS. The maximum atomic E-state index is 8.78. The van der Waals surface area contributed by atoms with Crippen molar-refractivity contribution in [1.29, 1.82) is 0 Å². The van der Waals surface area contributed by atoms with Crippen LogP contribution in [-0.4, -0.2) is 29.0 Å². The highest BCUT2D eigenvalue weighted by atomic mass is 32.2. The minimum absolute atomic E-state index is 0.262. The second kappa shape index (κ2) is 6.69. The van der Waals surface area contributed by atoms with E-state index < -0.39 is 0 Å². The summed E-state index contributed by atoms with van der Waals surface area (Å²) in [6.07, 6.45) is 0.844. The van der Waals surface area contributed by atoms with Gasteiger partial charge in [0.15, 0.2) is 0 Å². The summed E-state index contributed by atoms with van der Waals surface area (Å²) in [7, 11) is 1.87. The van der Waals surface area contributed by atoms with Crippen molar-refractivity contribution in [3.63, 3.8) is 0 Å². The van der Waals surface area contributed by atoms with Crippen LogP contribution in [0, 0.1) is 0 Å². The molecule has 2 N–H and O–H groups in total. The van der Waals surface area contributed by atoms with Gasteiger partial charge in [0.1, 0.15) is 5.82 Å². The van der Waals surface area contributed by atoms with E-state index in [1.807, 2.05) is 37.0 Å². The highest BCUT2D eigenvalue weighted by Gasteiger charge is 2.03. The molecule has 0 bridgehead atoms. The molecule has 0 spiro atoms. The predicted octanol–water partition coefficient (Wildman–Crippen LogP) is 2.13. The number of nitrogens with one attached hydrogen (secondary N) is 1. The van der Waals surface area contributed by atoms with Gasteiger partial charge in [0.05, 0.1) is 5.69 Å². The number of thioether (sulfide) groups is 1. The Morgan fingerprint density at radius 3 is 3.00 bits per heavy atom. The third-order valence-electron chi connectivity index (χ3n) is 2.11. The fourth-order valence-corrected chi connectivity index (χ4v) is 2.08. The van der Waals surface area contributed by atoms with E-state index in [2.05, 4.69) is 17.2 Å². The maximum absolute atomic E-state index is 8.78. The van der Waals surface area contributed by atoms with Gasteiger partial charge in [-0.25, -0.2) is 4.98 Å². The lowest BCUT2D eigenvalue weighted by Gasteiger charge is -2.09. The summed E-state index contributed by atoms with van der Waals surface area (Å²) in [6.45, 7) is 2.39. The first-order chi connectivity index (χ1) is 7.26. The highest BCUT2D eigenvalue weighted by molar-refractivity contribution is 7.99. The maximum Gasteiger partial charge on any atom is 0.125 e. The third kappa shape index (κ3) is 4.53. The molecule has 0 amide bonds. The number of aliphatic hydroxyl groups excluding tert-OH is 1. The first-order valence-corrected chi connectivity index (χ1v) is 6.17. The van der Waals surface area contributed by atoms with Crippen molar-refractivity contribution in [3.05, 3.63) is 23.9 Å². The first-order valence-electron chi connectivity index (χ1n) is 5.12. The molecule has 0 aliphatic carbocycles. The number of rotatable bonds is 6. The summed E-state index contributed by atoms with van der Waals surface area (Å²) in [5.41, 5.74) is 1.08. The molecule has 0 radical (unpaired) electrons. The van der Waals surface area contributed by atoms with Crippen LogP contribution < -0.4 is 5.32 Å². The van der Waals surface area contributed by atoms with E-state index in [9.17, 15) is 0 Å². The minimum atomic E-state index is 0.262. The second-order valence-electron chi connectivity index (χ2n) is 3.40. The van der Waals surface area contributed by atoms with Crippen LogP contribution >= 0.6 is 11.8 Å². The van der Waals surface area contributed by atoms with Gasteiger partial charge in [-0.15, -0.1) is 0 Å². The van der Waals surface area contributed by atoms with Gasteiger partial charge in [0.25, 0.3) is 0 Å². The average Bonchev–Trinajstić information content (AvgIpc) is 2.27. The SMILES string of the molecule is CNc1cccc(CSC(C)CCO)n1. The van der Waals surface area contributed by atoms with Crippen LogP contribution in [0.1, 0.15) is 19.0 Å². The molecule has 1 heterocycles. The molecule has 0 aromatic carbocycles. The van der Waals surface area contributed by atoms with Crippen LogP contribution in [-0.2, 0) is 5.75 Å². The van der Waals surface area contributed by atoms with Crippen molar-refractivity contribution in [3.8, 4) is 0 Å². The third-order valence-corrected chi connectivity index (χ3v) is 3.38. The molecule has 0 saturated heterocycles. The zero-order valence-corrected chi connectivity index (χ0v) is 10.0. The number of hydrogen-bond acceptors (Lipinski definition) is 4. The summed E-state index contributed by atoms with van der Waals surface area (Å²) < 4.78 is 0. The summed E-state index contributed by atoms with van der Waals surface area (Å²) in [4.78, 5) is 4.43. The Bertz CT molecular complexity index is 294. The summed E-state index contributed by atoms with van der Waals surface area (Å²) in [5.74, 6) is 1.80. The lowest BCUT2D eigenvalue weighted by atomic mass is 10.3. The van der Waals surface area contributed by atoms with E-state index >= 15 is 0 Å². The number of anilines is 1. The Morgan fingerprint density at radius 1 is 1.53 bits per heavy atom. The van der Waals surface area contributed by atoms with Gasteiger partial charge in [-0.2, -0.15) is 11.8 Å². The van der Waals surface area contributed by atoms with E-state index in [1.165, 1.54) is 0 Å². The molecule has 0 aliphatic rings. The number of pyridine rings is 1. The van der Waals surface area contributed by atoms with Crippen molar-refractivity contribution in [2.45, 2.75) is 24.3 Å². The Morgan fingerprint density at radius 2 is 2.33 bits per heavy atom. The van der Waals surface area contributed by atoms with Crippen molar-refractivity contribution in [2.75, 3.05) is 19.0 Å². The standard InChI is InChI=1S/C11H18N2OS/c1-9(6-7-14)15-8-10-4-3-5-11(12-2)13-10/h3-5,9,14H,6-8H2,1-2H3,(H,12,13). The molecular weight excluding hydrogens is 208 g/mol. The van der Waals surface area contributed by atoms with Crippen molar-refractivity contribution < 1.29 is 5.11 Å². The Hall–Kier alpha value is -0.740. The van der Waals surface area contributed by atoms with Crippen molar-refractivity contribution in [2.24, 2.45) is 0 Å². The van der Waals surface area contributed by atoms with Crippen LogP contribution in [0.25, 0.3) is 0 Å². The molecule has 0 fully saturated rings. The predicted molar refractivity (Wildman–Crippen MR) is 66.2 cm³/mol. The fraction of sp³-hybridized carbons (Fsp3) is 0.545. The van der Waals surface area contributed by atoms with Gasteiger partial charge in [-0.05, 0) is 18.6 Å². The molecule has 15 heavy (non-hydrogen) atoms. The normalized spacial score (nSPS) is 12.5. The molecule has 1 aromatic rings. The Balaban J connectivity index is 2.43. The van der Waals surface area contributed by atoms with Gasteiger partial charge in [-0.1, -0.05) is 13.0 Å². The van der Waals surface area contributed by atoms with E-state index in [0.717, 1.165) is 23.7 Å². The molecule has 84 valence electrons. The molecule has 0 saturated carbocycles. The van der Waals surface area contributed by atoms with Gasteiger partial charge in [0, 0.05) is 24.7 Å². The van der Waals surface area contributed by atoms with Crippen LogP contribution in [0.15, 0.2) is 18.2 Å². The zero-order valence-electron chi connectivity index (χ0n) is 9.23. The molecule has 1 unspecified atom stereocenters. The van der Waals surface area contributed by atoms with E-state index in [0.29, 0.717) is 5.25 Å². The van der Waals surface area contributed by atoms with Crippen LogP contribution in [0.3, 0.4) is 0 Å². The van der Waals surface area contributed by atoms with Crippen molar-refractivity contribution in [1.82, 2.24) is 4.98 Å². The quantitative estimate of drug-likeness (QED) is 0.780. The lowest BCUT2D eigenvalue weighted by Crippen LogP contribution is -2.01. The second-order valence-corrected chi connectivity index (χ2v) is 4.82. The van der Waals surface area contributed by atoms with Gasteiger partial charge in [0.2, 0.25) is 0 Å². The van der Waals surface area contributed by atoms with Crippen LogP contribution in [0.5, 0.6) is 0 Å². The van der Waals surface area contributed by atoms with Gasteiger partial charge < -0.3 is 10.4 Å². The zero-order chi connectivity index (χ0) is 11.1. The molecule has 0 aliphatic heterocycles. The Kier molecular flexibility index (Phi) is 5.50. The van der Waals surface area contributed by atoms with Crippen molar-refractivity contribution >= 4 is 17.6 Å². The van der Waals surface area contributed by atoms with Gasteiger partial charge >= 0.3 is 0 Å². The molecule has 1 aromatic heterocycles. The number of aliphatic hydroxyl groups is 1. The fourth-order valence-electron chi connectivity index (χ4n) is 1.19. The van der Waals surface area contributed by atoms with E-state index in [-0.39, 0.29) is 6.61 Å². The molecule has 1 rings (SSSR count). The first kappa shape index (κ1) is 12.3. The number of aromatic nitrogens is 1. The largest absolute Gasteiger partial charge is 0.396 e. The summed E-state index contributed by atoms with van der Waals surface area (Å²) in [5, 5.41) is 12.3. The smallest absolute Gasteiger partial charge is 0.125 e. The van der Waals surface area contributed by atoms with E-state index in [4.69, 9.17) is 5.11 Å². The minimum Gasteiger partial charge on any atom is -0.396 e. The molecule has 3 nitrogen and oxygen atoms in total. The highest BCUT2D eigenvalue weighted by Crippen LogP contribution is 2.19. The topological polar surface area (TPSA) is 45.1 Å². The summed E-state index contributed by atoms with van der Waals surface area (Å²) >= 11 is 1.82. The number of nitrogens with zero attached hydrogens (tertiary/aromatic N) is 1. The number of hydrogen-bond donors (Lipinski definition) is 2. The van der Waals surface area contributed by atoms with Crippen LogP contribution in [0.4, 0.5) is 5.82 Å². The average molecular weight is 226 g/mol. The monoisotopic (exact) mass is 226 g/mol. The lowest BCUT2D eigenvalue weighted by molar-refractivity contribution is 0.289. The van der Waals surface area contributed by atoms with Crippen LogP contribution in [0.2, 0.25) is 0 Å². The van der Waals surface area contributed by atoms with E-state index in [1.54, 1.807) is 0 Å². The van der Waals surface area contributed by atoms with Gasteiger partial charge in [-0.3, -0.25) is 0 Å². The molecule has 1 atom stereocenters.